The second-order valence-corrected chi connectivity index (χ2v) is 11.8. The number of unbranched alkanes of at least 4 members (excludes halogenated alkanes) is 5. The van der Waals surface area contributed by atoms with E-state index in [0.29, 0.717) is 12.4 Å². The predicted octanol–water partition coefficient (Wildman–Crippen LogP) is 10.0. The first kappa shape index (κ1) is 36.8. The van der Waals surface area contributed by atoms with E-state index in [2.05, 4.69) is 83.5 Å². The fourth-order valence-corrected chi connectivity index (χ4v) is 5.03. The standard InChI is InChI=1S/C36H45N7.C4H10/c1-6-8-10-11-12-15-27(3)40-36(37)29-17-20-31(21-18-29)39-26-35-41-32-25-30(19-22-33(32)42(35)5)28(4)43(24-9-7-2)34-16-13-14-23-38-34;1-3-4-2/h7,13-14,16-23,25,39H,2-4,6,8-12,15,24,26H2,1,5H3,(H2,37,40);3-4H2,1-2H3. The van der Waals surface area contributed by atoms with Gasteiger partial charge in [-0.15, -0.1) is 6.58 Å². The summed E-state index contributed by atoms with van der Waals surface area (Å²) in [5.41, 5.74) is 12.9. The number of fused-ring (bicyclic) bond motifs is 1. The number of aromatic nitrogens is 3. The molecule has 250 valence electrons. The Labute approximate surface area is 283 Å². The van der Waals surface area contributed by atoms with Gasteiger partial charge in [0.15, 0.2) is 0 Å². The SMILES string of the molecule is C=CCCN(C(=C)c1ccc2c(c1)nc(CNc1ccc(C(N)=NC(=C)CCCCCCC)cc1)n2C)c1ccccn1.CCCC. The maximum Gasteiger partial charge on any atom is 0.132 e. The number of allylic oxidation sites excluding steroid dienone is 1. The molecule has 0 unspecified atom stereocenters. The molecule has 0 saturated heterocycles. The average Bonchev–Trinajstić information content (AvgIpc) is 3.42. The van der Waals surface area contributed by atoms with Crippen LogP contribution in [-0.4, -0.2) is 26.9 Å². The van der Waals surface area contributed by atoms with Crippen LogP contribution in [0.15, 0.2) is 103 Å². The van der Waals surface area contributed by atoms with Crippen molar-refractivity contribution in [2.24, 2.45) is 17.8 Å². The number of aliphatic imine (C=N–C) groups is 1. The predicted molar refractivity (Wildman–Crippen MR) is 204 cm³/mol. The molecule has 7 nitrogen and oxygen atoms in total. The van der Waals surface area contributed by atoms with Crippen molar-refractivity contribution in [2.45, 2.75) is 85.1 Å². The molecule has 0 spiro atoms. The second kappa shape index (κ2) is 19.8. The molecule has 4 aromatic rings. The van der Waals surface area contributed by atoms with Gasteiger partial charge < -0.3 is 20.5 Å². The molecule has 0 aliphatic rings. The summed E-state index contributed by atoms with van der Waals surface area (Å²) in [5, 5.41) is 3.49. The topological polar surface area (TPSA) is 84.4 Å². The maximum atomic E-state index is 6.27. The van der Waals surface area contributed by atoms with Gasteiger partial charge in [0, 0.05) is 42.4 Å². The number of nitrogens with one attached hydrogen (secondary N) is 1. The molecule has 2 heterocycles. The Kier molecular flexibility index (Phi) is 15.5. The fraction of sp³-hybridized carbons (Fsp3) is 0.375. The lowest BCUT2D eigenvalue weighted by Crippen LogP contribution is -2.22. The molecule has 3 N–H and O–H groups in total. The highest BCUT2D eigenvalue weighted by atomic mass is 15.2. The fourth-order valence-electron chi connectivity index (χ4n) is 5.03. The van der Waals surface area contributed by atoms with Crippen molar-refractivity contribution in [3.05, 3.63) is 115 Å². The Morgan fingerprint density at radius 1 is 0.936 bits per heavy atom. The number of imidazole rings is 1. The summed E-state index contributed by atoms with van der Waals surface area (Å²) in [6, 6.07) is 20.2. The number of amidine groups is 1. The number of hydrogen-bond donors (Lipinski definition) is 2. The van der Waals surface area contributed by atoms with Crippen LogP contribution in [-0.2, 0) is 13.6 Å². The van der Waals surface area contributed by atoms with Crippen molar-refractivity contribution in [2.75, 3.05) is 16.8 Å². The lowest BCUT2D eigenvalue weighted by atomic mass is 10.1. The van der Waals surface area contributed by atoms with E-state index in [1.807, 2.05) is 55.6 Å². The van der Waals surface area contributed by atoms with E-state index in [-0.39, 0.29) is 0 Å². The van der Waals surface area contributed by atoms with Gasteiger partial charge in [-0.3, -0.25) is 0 Å². The first-order valence-corrected chi connectivity index (χ1v) is 17.1. The number of aryl methyl sites for hydroxylation is 1. The molecular weight excluding hydrogens is 578 g/mol. The van der Waals surface area contributed by atoms with E-state index in [1.165, 1.54) is 38.5 Å². The van der Waals surface area contributed by atoms with Crippen LogP contribution in [0.2, 0.25) is 0 Å². The van der Waals surface area contributed by atoms with Crippen LogP contribution in [0.4, 0.5) is 11.5 Å². The molecule has 0 radical (unpaired) electrons. The van der Waals surface area contributed by atoms with E-state index >= 15 is 0 Å². The number of benzene rings is 2. The molecule has 2 aromatic heterocycles. The highest BCUT2D eigenvalue weighted by molar-refractivity contribution is 5.98. The summed E-state index contributed by atoms with van der Waals surface area (Å²) in [5.74, 6) is 2.30. The molecule has 4 rings (SSSR count). The Hall–Kier alpha value is -4.65. The first-order valence-electron chi connectivity index (χ1n) is 17.1. The number of nitrogens with zero attached hydrogens (tertiary/aromatic N) is 5. The molecule has 0 bridgehead atoms. The van der Waals surface area contributed by atoms with Crippen LogP contribution in [0.1, 0.15) is 95.5 Å². The van der Waals surface area contributed by atoms with Gasteiger partial charge in [-0.05, 0) is 73.4 Å². The zero-order valence-electron chi connectivity index (χ0n) is 29.1. The summed E-state index contributed by atoms with van der Waals surface area (Å²) in [6.07, 6.45) is 14.2. The van der Waals surface area contributed by atoms with Gasteiger partial charge in [0.25, 0.3) is 0 Å². The summed E-state index contributed by atoms with van der Waals surface area (Å²) in [6.45, 7) is 20.3. The van der Waals surface area contributed by atoms with Crippen LogP contribution >= 0.6 is 0 Å². The van der Waals surface area contributed by atoms with Crippen LogP contribution in [0.25, 0.3) is 16.7 Å². The molecule has 47 heavy (non-hydrogen) atoms. The minimum absolute atomic E-state index is 0.504. The zero-order chi connectivity index (χ0) is 34.0. The van der Waals surface area contributed by atoms with E-state index in [0.717, 1.165) is 76.7 Å². The molecule has 0 aliphatic carbocycles. The van der Waals surface area contributed by atoms with Gasteiger partial charge in [0.05, 0.1) is 17.6 Å². The highest BCUT2D eigenvalue weighted by Gasteiger charge is 2.15. The Morgan fingerprint density at radius 3 is 2.32 bits per heavy atom. The van der Waals surface area contributed by atoms with Crippen molar-refractivity contribution in [1.29, 1.82) is 0 Å². The Balaban J connectivity index is 0.00000142. The second-order valence-electron chi connectivity index (χ2n) is 11.8. The number of pyridine rings is 1. The van der Waals surface area contributed by atoms with Gasteiger partial charge in [-0.1, -0.05) is 90.7 Å². The van der Waals surface area contributed by atoms with Crippen molar-refractivity contribution in [1.82, 2.24) is 14.5 Å². The van der Waals surface area contributed by atoms with E-state index in [4.69, 9.17) is 10.7 Å². The van der Waals surface area contributed by atoms with Crippen LogP contribution < -0.4 is 16.0 Å². The molecule has 0 saturated carbocycles. The monoisotopic (exact) mass is 633 g/mol. The van der Waals surface area contributed by atoms with Crippen molar-refractivity contribution in [3.8, 4) is 0 Å². The molecule has 0 aliphatic heterocycles. The van der Waals surface area contributed by atoms with Gasteiger partial charge in [-0.2, -0.15) is 0 Å². The van der Waals surface area contributed by atoms with E-state index in [9.17, 15) is 0 Å². The van der Waals surface area contributed by atoms with Crippen LogP contribution in [0.5, 0.6) is 0 Å². The lowest BCUT2D eigenvalue weighted by Gasteiger charge is -2.25. The van der Waals surface area contributed by atoms with Gasteiger partial charge in [-0.25, -0.2) is 15.0 Å². The molecule has 0 fully saturated rings. The van der Waals surface area contributed by atoms with Gasteiger partial charge >= 0.3 is 0 Å². The summed E-state index contributed by atoms with van der Waals surface area (Å²) in [4.78, 5) is 16.1. The number of nitrogens with two attached hydrogens (primary N) is 1. The average molecular weight is 634 g/mol. The third-order valence-corrected chi connectivity index (χ3v) is 8.09. The number of anilines is 2. The maximum absolute atomic E-state index is 6.27. The van der Waals surface area contributed by atoms with Gasteiger partial charge in [0.2, 0.25) is 0 Å². The van der Waals surface area contributed by atoms with Gasteiger partial charge in [0.1, 0.15) is 17.5 Å². The largest absolute Gasteiger partial charge is 0.383 e. The van der Waals surface area contributed by atoms with Crippen LogP contribution in [0, 0.1) is 0 Å². The van der Waals surface area contributed by atoms with Crippen LogP contribution in [0.3, 0.4) is 0 Å². The first-order chi connectivity index (χ1) is 22.8. The minimum atomic E-state index is 0.504. The normalized spacial score (nSPS) is 11.1. The Bertz CT molecular complexity index is 1580. The minimum Gasteiger partial charge on any atom is -0.383 e. The molecule has 0 amide bonds. The smallest absolute Gasteiger partial charge is 0.132 e. The van der Waals surface area contributed by atoms with E-state index < -0.39 is 0 Å². The van der Waals surface area contributed by atoms with Crippen molar-refractivity contribution < 1.29 is 0 Å². The lowest BCUT2D eigenvalue weighted by molar-refractivity contribution is 0.630. The zero-order valence-corrected chi connectivity index (χ0v) is 29.1. The van der Waals surface area contributed by atoms with Crippen molar-refractivity contribution >= 4 is 34.1 Å². The quantitative estimate of drug-likeness (QED) is 0.0493. The van der Waals surface area contributed by atoms with E-state index in [1.54, 1.807) is 6.20 Å². The summed E-state index contributed by atoms with van der Waals surface area (Å²) < 4.78 is 2.12. The third-order valence-electron chi connectivity index (χ3n) is 8.09. The molecule has 2 aromatic carbocycles. The summed E-state index contributed by atoms with van der Waals surface area (Å²) in [7, 11) is 2.04. The number of rotatable bonds is 18. The molecule has 7 heteroatoms. The number of hydrogen-bond acceptors (Lipinski definition) is 5. The third kappa shape index (κ3) is 11.3. The summed E-state index contributed by atoms with van der Waals surface area (Å²) >= 11 is 0. The van der Waals surface area contributed by atoms with Crippen molar-refractivity contribution in [3.63, 3.8) is 0 Å². The Morgan fingerprint density at radius 2 is 1.66 bits per heavy atom. The highest BCUT2D eigenvalue weighted by Crippen LogP contribution is 2.27. The molecule has 0 atom stereocenters. The molecular formula is C40H55N7.